The lowest BCUT2D eigenvalue weighted by Crippen LogP contribution is -2.58. The first kappa shape index (κ1) is 26.0. The Kier molecular flexibility index (Phi) is 6.54. The molecule has 0 bridgehead atoms. The third-order valence-corrected chi connectivity index (χ3v) is 10.3. The summed E-state index contributed by atoms with van der Waals surface area (Å²) in [6, 6.07) is 10.4. The maximum Gasteiger partial charge on any atom is 0.332 e. The third kappa shape index (κ3) is 4.73. The number of benzene rings is 2. The van der Waals surface area contributed by atoms with E-state index >= 15 is 8.78 Å². The molecule has 2 saturated heterocycles. The molecule has 1 saturated carbocycles. The molecule has 3 fully saturated rings. The second kappa shape index (κ2) is 9.30. The number of carbonyl (C=O) groups is 1. The number of amides is 2. The summed E-state index contributed by atoms with van der Waals surface area (Å²) in [5.74, 6) is -1.39. The van der Waals surface area contributed by atoms with Gasteiger partial charge in [0.2, 0.25) is 10.0 Å². The van der Waals surface area contributed by atoms with Gasteiger partial charge in [-0.15, -0.1) is 0 Å². The molecule has 1 aliphatic carbocycles. The van der Waals surface area contributed by atoms with Gasteiger partial charge in [-0.25, -0.2) is 27.4 Å². The normalized spacial score (nSPS) is 31.7. The average molecular weight is 535 g/mol. The van der Waals surface area contributed by atoms with Crippen LogP contribution in [-0.2, 0) is 22.0 Å². The molecular formula is C26H32F2N4O4S. The lowest BCUT2D eigenvalue weighted by atomic mass is 9.56. The van der Waals surface area contributed by atoms with Gasteiger partial charge < -0.3 is 10.0 Å². The smallest absolute Gasteiger partial charge is 0.332 e. The Bertz CT molecular complexity index is 1300. The maximum absolute atomic E-state index is 15.6. The van der Waals surface area contributed by atoms with E-state index in [1.807, 2.05) is 6.07 Å². The van der Waals surface area contributed by atoms with Crippen LogP contribution in [0.25, 0.3) is 0 Å². The molecule has 37 heavy (non-hydrogen) atoms. The molecule has 0 radical (unpaired) electrons. The topological polar surface area (TPSA) is 102 Å². The highest BCUT2D eigenvalue weighted by atomic mass is 32.2. The quantitative estimate of drug-likeness (QED) is 0.528. The summed E-state index contributed by atoms with van der Waals surface area (Å²) in [5.41, 5.74) is 3.86. The van der Waals surface area contributed by atoms with Crippen LogP contribution >= 0.6 is 0 Å². The van der Waals surface area contributed by atoms with Gasteiger partial charge in [0.1, 0.15) is 16.9 Å². The number of hydrazine groups is 1. The standard InChI is InChI=1S/C26H32F2N4O4S/c1-17-8-9-23(18-6-4-3-5-7-18)37(35,36)32(17)12-19-10-22(28)20(11-21(19)27)26(13-25(2,34)14-26)15-31-16-29-30-24(31)33/h3-7,10-11,17,23,29,34H,8-9,12-16H2,1-2H3,(H,30,33)/t17-,23+,25?,26?/m0/s1. The fourth-order valence-electron chi connectivity index (χ4n) is 6.28. The van der Waals surface area contributed by atoms with Crippen molar-refractivity contribution in [3.8, 4) is 0 Å². The Balaban J connectivity index is 1.44. The molecule has 2 heterocycles. The minimum atomic E-state index is -3.81. The molecule has 3 aliphatic rings. The molecule has 3 N–H and O–H groups in total. The number of nitrogens with one attached hydrogen (secondary N) is 2. The zero-order valence-electron chi connectivity index (χ0n) is 20.9. The molecular weight excluding hydrogens is 502 g/mol. The lowest BCUT2D eigenvalue weighted by Gasteiger charge is -2.53. The summed E-state index contributed by atoms with van der Waals surface area (Å²) >= 11 is 0. The summed E-state index contributed by atoms with van der Waals surface area (Å²) in [7, 11) is -3.81. The van der Waals surface area contributed by atoms with Crippen LogP contribution in [0.1, 0.15) is 61.5 Å². The highest BCUT2D eigenvalue weighted by Crippen LogP contribution is 2.52. The monoisotopic (exact) mass is 534 g/mol. The van der Waals surface area contributed by atoms with E-state index in [-0.39, 0.29) is 55.8 Å². The van der Waals surface area contributed by atoms with Crippen molar-refractivity contribution in [2.24, 2.45) is 0 Å². The largest absolute Gasteiger partial charge is 0.390 e. The van der Waals surface area contributed by atoms with Gasteiger partial charge in [-0.2, -0.15) is 4.31 Å². The molecule has 8 nitrogen and oxygen atoms in total. The summed E-state index contributed by atoms with van der Waals surface area (Å²) in [6.45, 7) is 3.44. The van der Waals surface area contributed by atoms with Crippen LogP contribution in [0, 0.1) is 11.6 Å². The Morgan fingerprint density at radius 2 is 1.81 bits per heavy atom. The summed E-state index contributed by atoms with van der Waals surface area (Å²) in [4.78, 5) is 13.5. The Morgan fingerprint density at radius 1 is 1.11 bits per heavy atom. The van der Waals surface area contributed by atoms with Gasteiger partial charge in [-0.05, 0) is 62.8 Å². The summed E-state index contributed by atoms with van der Waals surface area (Å²) < 4.78 is 59.4. The van der Waals surface area contributed by atoms with Crippen LogP contribution in [0.4, 0.5) is 13.6 Å². The van der Waals surface area contributed by atoms with Crippen molar-refractivity contribution < 1.29 is 27.1 Å². The number of sulfonamides is 1. The van der Waals surface area contributed by atoms with E-state index in [1.165, 1.54) is 9.21 Å². The summed E-state index contributed by atoms with van der Waals surface area (Å²) in [5, 5.41) is 9.72. The number of rotatable bonds is 6. The first-order chi connectivity index (χ1) is 17.4. The maximum atomic E-state index is 15.6. The number of hydrogen-bond acceptors (Lipinski definition) is 5. The predicted octanol–water partition coefficient (Wildman–Crippen LogP) is 3.29. The highest BCUT2D eigenvalue weighted by molar-refractivity contribution is 7.89. The zero-order chi connectivity index (χ0) is 26.6. The molecule has 2 aromatic rings. The molecule has 5 rings (SSSR count). The van der Waals surface area contributed by atoms with Gasteiger partial charge in [-0.1, -0.05) is 30.3 Å². The van der Waals surface area contributed by atoms with Crippen LogP contribution in [0.2, 0.25) is 0 Å². The van der Waals surface area contributed by atoms with Gasteiger partial charge in [0.05, 0.1) is 12.3 Å². The predicted molar refractivity (Wildman–Crippen MR) is 133 cm³/mol. The SMILES string of the molecule is C[C@H]1CC[C@H](c2ccccc2)S(=O)(=O)N1Cc1cc(F)c(C2(CN3CNNC3=O)CC(C)(O)C2)cc1F. The van der Waals surface area contributed by atoms with E-state index in [0.29, 0.717) is 18.4 Å². The number of nitrogens with zero attached hydrogens (tertiary/aromatic N) is 2. The van der Waals surface area contributed by atoms with Gasteiger partial charge in [0.25, 0.3) is 0 Å². The summed E-state index contributed by atoms with van der Waals surface area (Å²) in [6.07, 6.45) is 1.39. The van der Waals surface area contributed by atoms with Gasteiger partial charge in [-0.3, -0.25) is 5.43 Å². The Morgan fingerprint density at radius 3 is 2.43 bits per heavy atom. The van der Waals surface area contributed by atoms with Crippen LogP contribution in [0.5, 0.6) is 0 Å². The van der Waals surface area contributed by atoms with Crippen molar-refractivity contribution in [2.75, 3.05) is 13.2 Å². The van der Waals surface area contributed by atoms with Gasteiger partial charge >= 0.3 is 6.03 Å². The minimum absolute atomic E-state index is 0.0489. The van der Waals surface area contributed by atoms with E-state index in [2.05, 4.69) is 10.9 Å². The highest BCUT2D eigenvalue weighted by Gasteiger charge is 2.55. The van der Waals surface area contributed by atoms with Crippen molar-refractivity contribution in [1.29, 1.82) is 0 Å². The van der Waals surface area contributed by atoms with Crippen molar-refractivity contribution in [2.45, 2.75) is 68.4 Å². The van der Waals surface area contributed by atoms with Crippen molar-refractivity contribution in [3.05, 3.63) is 70.8 Å². The minimum Gasteiger partial charge on any atom is -0.390 e. The fourth-order valence-corrected chi connectivity index (χ4v) is 8.47. The van der Waals surface area contributed by atoms with Crippen LogP contribution in [0.15, 0.2) is 42.5 Å². The first-order valence-corrected chi connectivity index (χ1v) is 14.0. The molecule has 0 aromatic heterocycles. The number of hydrogen-bond donors (Lipinski definition) is 3. The van der Waals surface area contributed by atoms with Crippen LogP contribution in [0.3, 0.4) is 0 Å². The van der Waals surface area contributed by atoms with Gasteiger partial charge in [0.15, 0.2) is 0 Å². The lowest BCUT2D eigenvalue weighted by molar-refractivity contribution is -0.0832. The molecule has 11 heteroatoms. The van der Waals surface area contributed by atoms with E-state index in [9.17, 15) is 18.3 Å². The van der Waals surface area contributed by atoms with Crippen LogP contribution < -0.4 is 10.9 Å². The van der Waals surface area contributed by atoms with Crippen molar-refractivity contribution in [3.63, 3.8) is 0 Å². The fraction of sp³-hybridized carbons (Fsp3) is 0.500. The third-order valence-electron chi connectivity index (χ3n) is 7.91. The van der Waals surface area contributed by atoms with Crippen LogP contribution in [-0.4, -0.2) is 53.6 Å². The van der Waals surface area contributed by atoms with Crippen molar-refractivity contribution in [1.82, 2.24) is 20.1 Å². The van der Waals surface area contributed by atoms with E-state index in [0.717, 1.165) is 12.1 Å². The van der Waals surface area contributed by atoms with E-state index in [1.54, 1.807) is 38.1 Å². The number of aliphatic hydroxyl groups is 1. The van der Waals surface area contributed by atoms with E-state index in [4.69, 9.17) is 0 Å². The average Bonchev–Trinajstić information content (AvgIpc) is 3.21. The van der Waals surface area contributed by atoms with Crippen molar-refractivity contribution >= 4 is 16.1 Å². The number of urea groups is 1. The first-order valence-electron chi connectivity index (χ1n) is 12.5. The molecule has 2 atom stereocenters. The molecule has 200 valence electrons. The molecule has 0 spiro atoms. The number of halogens is 2. The molecule has 2 amide bonds. The Labute approximate surface area is 215 Å². The second-order valence-electron chi connectivity index (χ2n) is 10.9. The Hall–Kier alpha value is -2.60. The second-order valence-corrected chi connectivity index (χ2v) is 13.0. The molecule has 2 aliphatic heterocycles. The van der Waals surface area contributed by atoms with E-state index < -0.39 is 37.9 Å². The van der Waals surface area contributed by atoms with Gasteiger partial charge in [0, 0.05) is 30.1 Å². The molecule has 0 unspecified atom stereocenters. The zero-order valence-corrected chi connectivity index (χ0v) is 21.7. The molecule has 2 aromatic carbocycles. The number of carbonyl (C=O) groups excluding carboxylic acids is 1.